The molecule has 1 N–H and O–H groups in total. The second-order valence-electron chi connectivity index (χ2n) is 6.79. The van der Waals surface area contributed by atoms with E-state index in [4.69, 9.17) is 9.47 Å². The van der Waals surface area contributed by atoms with E-state index in [0.717, 1.165) is 5.56 Å². The van der Waals surface area contributed by atoms with Gasteiger partial charge in [-0.2, -0.15) is 0 Å². The molecule has 0 bridgehead atoms. The maximum absolute atomic E-state index is 12.9. The lowest BCUT2D eigenvalue weighted by Crippen LogP contribution is -2.25. The summed E-state index contributed by atoms with van der Waals surface area (Å²) in [6.45, 7) is 1.85. The van der Waals surface area contributed by atoms with Gasteiger partial charge in [0.05, 0.1) is 11.3 Å². The first-order valence-corrected chi connectivity index (χ1v) is 9.19. The molecule has 2 amide bonds. The number of nitrogens with one attached hydrogen (secondary N) is 1. The van der Waals surface area contributed by atoms with Crippen LogP contribution in [0, 0.1) is 6.92 Å². The average Bonchev–Trinajstić information content (AvgIpc) is 2.83. The Bertz CT molecular complexity index is 1080. The van der Waals surface area contributed by atoms with Gasteiger partial charge in [-0.25, -0.2) is 0 Å². The van der Waals surface area contributed by atoms with Gasteiger partial charge in [0.25, 0.3) is 11.8 Å². The molecule has 0 radical (unpaired) electrons. The van der Waals surface area contributed by atoms with Crippen molar-refractivity contribution in [1.29, 1.82) is 0 Å². The van der Waals surface area contributed by atoms with Crippen LogP contribution in [-0.4, -0.2) is 25.5 Å². The zero-order valence-electron chi connectivity index (χ0n) is 16.1. The number of anilines is 2. The first-order valence-electron chi connectivity index (χ1n) is 9.19. The number of aryl methyl sites for hydroxylation is 1. The summed E-state index contributed by atoms with van der Waals surface area (Å²) in [7, 11) is 1.69. The van der Waals surface area contributed by atoms with Gasteiger partial charge in [-0.1, -0.05) is 29.8 Å². The molecule has 146 valence electrons. The van der Waals surface area contributed by atoms with Crippen LogP contribution >= 0.6 is 0 Å². The summed E-state index contributed by atoms with van der Waals surface area (Å²) in [5.41, 5.74) is 2.68. The minimum absolute atomic E-state index is 0.129. The highest BCUT2D eigenvalue weighted by atomic mass is 16.5. The average molecular weight is 388 g/mol. The third kappa shape index (κ3) is 3.91. The van der Waals surface area contributed by atoms with Crippen molar-refractivity contribution in [2.45, 2.75) is 6.92 Å². The number of ether oxygens (including phenoxy) is 2. The molecule has 6 nitrogen and oxygen atoms in total. The third-order valence-electron chi connectivity index (χ3n) is 4.64. The smallest absolute Gasteiger partial charge is 0.262 e. The van der Waals surface area contributed by atoms with Crippen LogP contribution in [0.15, 0.2) is 66.7 Å². The molecule has 29 heavy (non-hydrogen) atoms. The maximum atomic E-state index is 12.9. The Morgan fingerprint density at radius 2 is 1.79 bits per heavy atom. The number of carbonyl (C=O) groups is 2. The van der Waals surface area contributed by atoms with Gasteiger partial charge in [0, 0.05) is 12.7 Å². The first kappa shape index (κ1) is 18.6. The Morgan fingerprint density at radius 1 is 1.03 bits per heavy atom. The van der Waals surface area contributed by atoms with E-state index >= 15 is 0 Å². The number of carbonyl (C=O) groups excluding carboxylic acids is 2. The van der Waals surface area contributed by atoms with Gasteiger partial charge < -0.3 is 19.7 Å². The van der Waals surface area contributed by atoms with Gasteiger partial charge in [0.15, 0.2) is 12.4 Å². The fraction of sp³-hybridized carbons (Fsp3) is 0.130. The molecule has 0 aliphatic carbocycles. The predicted octanol–water partition coefficient (Wildman–Crippen LogP) is 4.39. The number of hydrogen-bond donors (Lipinski definition) is 1. The molecule has 0 saturated carbocycles. The van der Waals surface area contributed by atoms with Gasteiger partial charge in [-0.3, -0.25) is 9.59 Å². The van der Waals surface area contributed by atoms with Crippen molar-refractivity contribution in [3.05, 3.63) is 77.9 Å². The standard InChI is InChI=1S/C23H20N2O4/c1-15-7-10-17(11-8-15)28-14-22(26)24-16-9-12-20-18(13-16)23(27)25(2)19-5-3-4-6-21(19)29-20/h3-13H,14H2,1-2H3,(H,24,26). The normalized spacial score (nSPS) is 12.3. The van der Waals surface area contributed by atoms with Crippen LogP contribution in [0.4, 0.5) is 11.4 Å². The molecular weight excluding hydrogens is 368 g/mol. The Labute approximate surface area is 168 Å². The molecule has 0 spiro atoms. The van der Waals surface area contributed by atoms with E-state index in [0.29, 0.717) is 34.2 Å². The molecule has 6 heteroatoms. The number of para-hydroxylation sites is 2. The Balaban J connectivity index is 1.49. The van der Waals surface area contributed by atoms with Crippen molar-refractivity contribution < 1.29 is 19.1 Å². The van der Waals surface area contributed by atoms with Crippen LogP contribution in [0.3, 0.4) is 0 Å². The molecule has 1 heterocycles. The summed E-state index contributed by atoms with van der Waals surface area (Å²) < 4.78 is 11.4. The molecule has 0 atom stereocenters. The van der Waals surface area contributed by atoms with Crippen LogP contribution in [-0.2, 0) is 4.79 Å². The van der Waals surface area contributed by atoms with Crippen molar-refractivity contribution in [3.8, 4) is 17.2 Å². The Hall–Kier alpha value is -3.80. The SMILES string of the molecule is Cc1ccc(OCC(=O)Nc2ccc3c(c2)C(=O)N(C)c2ccccc2O3)cc1. The molecule has 0 saturated heterocycles. The fourth-order valence-corrected chi connectivity index (χ4v) is 3.07. The summed E-state index contributed by atoms with van der Waals surface area (Å²) in [6, 6.07) is 19.8. The van der Waals surface area contributed by atoms with Crippen molar-refractivity contribution >= 4 is 23.2 Å². The van der Waals surface area contributed by atoms with Crippen LogP contribution in [0.1, 0.15) is 15.9 Å². The van der Waals surface area contributed by atoms with E-state index in [1.807, 2.05) is 55.5 Å². The summed E-state index contributed by atoms with van der Waals surface area (Å²) in [4.78, 5) is 26.7. The third-order valence-corrected chi connectivity index (χ3v) is 4.64. The molecule has 4 rings (SSSR count). The molecule has 0 aromatic heterocycles. The van der Waals surface area contributed by atoms with Crippen LogP contribution < -0.4 is 19.7 Å². The molecule has 1 aliphatic rings. The van der Waals surface area contributed by atoms with Gasteiger partial charge in [-0.15, -0.1) is 0 Å². The lowest BCUT2D eigenvalue weighted by molar-refractivity contribution is -0.118. The summed E-state index contributed by atoms with van der Waals surface area (Å²) in [6.07, 6.45) is 0. The molecule has 0 fully saturated rings. The number of benzene rings is 3. The lowest BCUT2D eigenvalue weighted by atomic mass is 10.1. The second kappa shape index (κ2) is 7.67. The summed E-state index contributed by atoms with van der Waals surface area (Å²) in [5, 5.41) is 2.76. The minimum Gasteiger partial charge on any atom is -0.484 e. The van der Waals surface area contributed by atoms with E-state index in [1.165, 1.54) is 4.90 Å². The second-order valence-corrected chi connectivity index (χ2v) is 6.79. The van der Waals surface area contributed by atoms with Gasteiger partial charge >= 0.3 is 0 Å². The highest BCUT2D eigenvalue weighted by Crippen LogP contribution is 2.38. The molecule has 3 aromatic carbocycles. The minimum atomic E-state index is -0.316. The van der Waals surface area contributed by atoms with Crippen molar-refractivity contribution in [2.24, 2.45) is 0 Å². The highest BCUT2D eigenvalue weighted by molar-refractivity contribution is 6.10. The molecular formula is C23H20N2O4. The van der Waals surface area contributed by atoms with E-state index in [-0.39, 0.29) is 18.4 Å². The zero-order valence-corrected chi connectivity index (χ0v) is 16.1. The predicted molar refractivity (Wildman–Crippen MR) is 111 cm³/mol. The van der Waals surface area contributed by atoms with Gasteiger partial charge in [0.1, 0.15) is 11.5 Å². The number of rotatable bonds is 4. The molecule has 0 unspecified atom stereocenters. The largest absolute Gasteiger partial charge is 0.484 e. The maximum Gasteiger partial charge on any atom is 0.262 e. The number of hydrogen-bond acceptors (Lipinski definition) is 4. The van der Waals surface area contributed by atoms with E-state index in [9.17, 15) is 9.59 Å². The van der Waals surface area contributed by atoms with Crippen molar-refractivity contribution in [1.82, 2.24) is 0 Å². The fourth-order valence-electron chi connectivity index (χ4n) is 3.07. The van der Waals surface area contributed by atoms with E-state index in [1.54, 1.807) is 25.2 Å². The van der Waals surface area contributed by atoms with Crippen LogP contribution in [0.2, 0.25) is 0 Å². The summed E-state index contributed by atoms with van der Waals surface area (Å²) >= 11 is 0. The number of nitrogens with zero attached hydrogens (tertiary/aromatic N) is 1. The summed E-state index contributed by atoms with van der Waals surface area (Å²) in [5.74, 6) is 1.14. The Morgan fingerprint density at radius 3 is 2.59 bits per heavy atom. The molecule has 3 aromatic rings. The van der Waals surface area contributed by atoms with Gasteiger partial charge in [0.2, 0.25) is 0 Å². The van der Waals surface area contributed by atoms with E-state index < -0.39 is 0 Å². The highest BCUT2D eigenvalue weighted by Gasteiger charge is 2.25. The van der Waals surface area contributed by atoms with Crippen molar-refractivity contribution in [2.75, 3.05) is 23.9 Å². The van der Waals surface area contributed by atoms with Gasteiger partial charge in [-0.05, 0) is 49.4 Å². The first-order chi connectivity index (χ1) is 14.0. The number of fused-ring (bicyclic) bond motifs is 2. The molecule has 1 aliphatic heterocycles. The zero-order chi connectivity index (χ0) is 20.4. The quantitative estimate of drug-likeness (QED) is 0.720. The van der Waals surface area contributed by atoms with E-state index in [2.05, 4.69) is 5.32 Å². The van der Waals surface area contributed by atoms with Crippen molar-refractivity contribution in [3.63, 3.8) is 0 Å². The Kier molecular flexibility index (Phi) is 4.91. The van der Waals surface area contributed by atoms with Crippen LogP contribution in [0.5, 0.6) is 17.2 Å². The van der Waals surface area contributed by atoms with Crippen LogP contribution in [0.25, 0.3) is 0 Å². The number of amides is 2. The monoisotopic (exact) mass is 388 g/mol. The topological polar surface area (TPSA) is 67.9 Å². The lowest BCUT2D eigenvalue weighted by Gasteiger charge is -2.16.